The van der Waals surface area contributed by atoms with Gasteiger partial charge in [0.2, 0.25) is 11.7 Å². The molecule has 7 nitrogen and oxygen atoms in total. The molecule has 158 valence electrons. The van der Waals surface area contributed by atoms with Crippen LogP contribution in [-0.4, -0.2) is 36.5 Å². The van der Waals surface area contributed by atoms with E-state index < -0.39 is 0 Å². The van der Waals surface area contributed by atoms with Crippen LogP contribution in [0.15, 0.2) is 42.5 Å². The Hall–Kier alpha value is -3.35. The molecule has 0 aliphatic carbocycles. The lowest BCUT2D eigenvalue weighted by Gasteiger charge is -2.19. The average Bonchev–Trinajstić information content (AvgIpc) is 2.79. The molecule has 0 radical (unpaired) electrons. The molecule has 30 heavy (non-hydrogen) atoms. The van der Waals surface area contributed by atoms with Crippen molar-refractivity contribution in [1.82, 2.24) is 15.2 Å². The molecular formula is C23H28N4O3. The van der Waals surface area contributed by atoms with E-state index in [1.807, 2.05) is 37.3 Å². The van der Waals surface area contributed by atoms with Crippen LogP contribution in [0.3, 0.4) is 0 Å². The zero-order chi connectivity index (χ0) is 21.5. The molecule has 0 aliphatic rings. The molecule has 0 spiro atoms. The van der Waals surface area contributed by atoms with Crippen LogP contribution in [0, 0.1) is 6.92 Å². The number of hydrogen-bond donors (Lipinski definition) is 1. The molecule has 1 atom stereocenters. The van der Waals surface area contributed by atoms with Crippen LogP contribution < -0.4 is 19.5 Å². The molecule has 0 fully saturated rings. The van der Waals surface area contributed by atoms with Gasteiger partial charge in [-0.1, -0.05) is 43.7 Å². The Labute approximate surface area is 177 Å². The molecule has 0 amide bonds. The first kappa shape index (κ1) is 21.4. The van der Waals surface area contributed by atoms with Gasteiger partial charge in [-0.15, -0.1) is 10.2 Å². The van der Waals surface area contributed by atoms with Crippen LogP contribution >= 0.6 is 0 Å². The van der Waals surface area contributed by atoms with Crippen LogP contribution in [-0.2, 0) is 0 Å². The fourth-order valence-corrected chi connectivity index (χ4v) is 3.38. The summed E-state index contributed by atoms with van der Waals surface area (Å²) in [5.41, 5.74) is 3.42. The van der Waals surface area contributed by atoms with E-state index in [0.717, 1.165) is 18.4 Å². The van der Waals surface area contributed by atoms with Gasteiger partial charge in [-0.05, 0) is 31.0 Å². The largest absolute Gasteiger partial charge is 0.493 e. The Bertz CT molecular complexity index is 954. The fourth-order valence-electron chi connectivity index (χ4n) is 3.38. The topological polar surface area (TPSA) is 78.4 Å². The third-order valence-corrected chi connectivity index (χ3v) is 4.88. The van der Waals surface area contributed by atoms with Crippen LogP contribution in [0.5, 0.6) is 17.2 Å². The maximum atomic E-state index is 5.48. The second kappa shape index (κ2) is 9.91. The summed E-state index contributed by atoms with van der Waals surface area (Å²) in [4.78, 5) is 4.76. The first-order valence-corrected chi connectivity index (χ1v) is 9.94. The summed E-state index contributed by atoms with van der Waals surface area (Å²) >= 11 is 0. The molecule has 0 saturated carbocycles. The van der Waals surface area contributed by atoms with Gasteiger partial charge >= 0.3 is 0 Å². The molecular weight excluding hydrogens is 380 g/mol. The van der Waals surface area contributed by atoms with Crippen LogP contribution in [0.1, 0.15) is 37.1 Å². The molecule has 1 heterocycles. The molecule has 7 heteroatoms. The Morgan fingerprint density at radius 1 is 0.933 bits per heavy atom. The van der Waals surface area contributed by atoms with E-state index >= 15 is 0 Å². The Morgan fingerprint density at radius 3 is 2.17 bits per heavy atom. The Kier molecular flexibility index (Phi) is 7.06. The summed E-state index contributed by atoms with van der Waals surface area (Å²) in [6.07, 6.45) is 1.99. The maximum Gasteiger partial charge on any atom is 0.243 e. The predicted octanol–water partition coefficient (Wildman–Crippen LogP) is 4.83. The lowest BCUT2D eigenvalue weighted by Crippen LogP contribution is -2.14. The van der Waals surface area contributed by atoms with Crippen molar-refractivity contribution in [2.75, 3.05) is 26.6 Å². The smallest absolute Gasteiger partial charge is 0.243 e. The average molecular weight is 409 g/mol. The van der Waals surface area contributed by atoms with Crippen molar-refractivity contribution in [3.8, 4) is 28.5 Å². The standard InChI is InChI=1S/C23H28N4O3/c1-6-10-18(16-11-8-7-9-12-16)24-23-25-21(15(2)26-27-23)17-13-19(28-3)22(30-5)20(14-17)29-4/h7-9,11-14,18H,6,10H2,1-5H3,(H,24,25,27). The number of nitrogens with zero attached hydrogens (tertiary/aromatic N) is 3. The lowest BCUT2D eigenvalue weighted by molar-refractivity contribution is 0.324. The monoisotopic (exact) mass is 408 g/mol. The summed E-state index contributed by atoms with van der Waals surface area (Å²) in [6, 6.07) is 14.1. The van der Waals surface area contributed by atoms with Gasteiger partial charge in [-0.2, -0.15) is 0 Å². The summed E-state index contributed by atoms with van der Waals surface area (Å²) in [6.45, 7) is 4.04. The van der Waals surface area contributed by atoms with E-state index in [1.54, 1.807) is 21.3 Å². The van der Waals surface area contributed by atoms with Gasteiger partial charge in [0.05, 0.1) is 38.8 Å². The SMILES string of the molecule is CCCC(Nc1nnc(C)c(-c2cc(OC)c(OC)c(OC)c2)n1)c1ccccc1. The van der Waals surface area contributed by atoms with Gasteiger partial charge in [-0.25, -0.2) is 4.98 Å². The minimum atomic E-state index is 0.105. The van der Waals surface area contributed by atoms with E-state index in [4.69, 9.17) is 19.2 Å². The summed E-state index contributed by atoms with van der Waals surface area (Å²) < 4.78 is 16.4. The normalized spacial score (nSPS) is 11.6. The zero-order valence-electron chi connectivity index (χ0n) is 18.1. The van der Waals surface area contributed by atoms with E-state index in [-0.39, 0.29) is 6.04 Å². The third kappa shape index (κ3) is 4.62. The quantitative estimate of drug-likeness (QED) is 0.543. The molecule has 1 unspecified atom stereocenters. The number of hydrogen-bond acceptors (Lipinski definition) is 7. The highest BCUT2D eigenvalue weighted by Crippen LogP contribution is 2.41. The number of ether oxygens (including phenoxy) is 3. The van der Waals surface area contributed by atoms with Crippen LogP contribution in [0.25, 0.3) is 11.3 Å². The van der Waals surface area contributed by atoms with E-state index in [9.17, 15) is 0 Å². The van der Waals surface area contributed by atoms with Gasteiger partial charge in [0.15, 0.2) is 11.5 Å². The van der Waals surface area contributed by atoms with Gasteiger partial charge in [0, 0.05) is 5.56 Å². The highest BCUT2D eigenvalue weighted by Gasteiger charge is 2.18. The molecule has 0 bridgehead atoms. The zero-order valence-corrected chi connectivity index (χ0v) is 18.1. The molecule has 3 aromatic rings. The lowest BCUT2D eigenvalue weighted by atomic mass is 10.0. The minimum absolute atomic E-state index is 0.105. The highest BCUT2D eigenvalue weighted by molar-refractivity contribution is 5.70. The van der Waals surface area contributed by atoms with E-state index in [2.05, 4.69) is 34.6 Å². The fraction of sp³-hybridized carbons (Fsp3) is 0.348. The molecule has 1 N–H and O–H groups in total. The van der Waals surface area contributed by atoms with Crippen molar-refractivity contribution in [2.45, 2.75) is 32.7 Å². The first-order valence-electron chi connectivity index (χ1n) is 9.94. The Morgan fingerprint density at radius 2 is 1.60 bits per heavy atom. The van der Waals surface area contributed by atoms with Crippen molar-refractivity contribution in [3.63, 3.8) is 0 Å². The van der Waals surface area contributed by atoms with Crippen molar-refractivity contribution < 1.29 is 14.2 Å². The van der Waals surface area contributed by atoms with Crippen molar-refractivity contribution >= 4 is 5.95 Å². The van der Waals surface area contributed by atoms with Crippen molar-refractivity contribution in [3.05, 3.63) is 53.7 Å². The Balaban J connectivity index is 1.99. The van der Waals surface area contributed by atoms with Gasteiger partial charge in [0.1, 0.15) is 0 Å². The summed E-state index contributed by atoms with van der Waals surface area (Å²) in [5.74, 6) is 2.14. The second-order valence-electron chi connectivity index (χ2n) is 6.88. The van der Waals surface area contributed by atoms with Gasteiger partial charge in [-0.3, -0.25) is 0 Å². The summed E-state index contributed by atoms with van der Waals surface area (Å²) in [5, 5.41) is 12.0. The molecule has 0 saturated heterocycles. The number of nitrogens with one attached hydrogen (secondary N) is 1. The van der Waals surface area contributed by atoms with Crippen LogP contribution in [0.4, 0.5) is 5.95 Å². The minimum Gasteiger partial charge on any atom is -0.493 e. The number of rotatable bonds is 9. The highest BCUT2D eigenvalue weighted by atomic mass is 16.5. The van der Waals surface area contributed by atoms with Crippen molar-refractivity contribution in [1.29, 1.82) is 0 Å². The predicted molar refractivity (Wildman–Crippen MR) is 117 cm³/mol. The molecule has 0 aliphatic heterocycles. The number of anilines is 1. The number of aromatic nitrogens is 3. The maximum absolute atomic E-state index is 5.48. The first-order chi connectivity index (χ1) is 14.6. The molecule has 1 aromatic heterocycles. The number of methoxy groups -OCH3 is 3. The second-order valence-corrected chi connectivity index (χ2v) is 6.88. The van der Waals surface area contributed by atoms with Gasteiger partial charge in [0.25, 0.3) is 0 Å². The molecule has 3 rings (SSSR count). The van der Waals surface area contributed by atoms with E-state index in [1.165, 1.54) is 5.56 Å². The van der Waals surface area contributed by atoms with Gasteiger partial charge < -0.3 is 19.5 Å². The number of aryl methyl sites for hydroxylation is 1. The summed E-state index contributed by atoms with van der Waals surface area (Å²) in [7, 11) is 4.76. The van der Waals surface area contributed by atoms with Crippen LogP contribution in [0.2, 0.25) is 0 Å². The third-order valence-electron chi connectivity index (χ3n) is 4.88. The van der Waals surface area contributed by atoms with Crippen molar-refractivity contribution in [2.24, 2.45) is 0 Å². The van der Waals surface area contributed by atoms with E-state index in [0.29, 0.717) is 34.6 Å². The number of benzene rings is 2. The molecule has 2 aromatic carbocycles.